The Morgan fingerprint density at radius 1 is 0.905 bits per heavy atom. The fourth-order valence-corrected chi connectivity index (χ4v) is 2.89. The Kier molecular flexibility index (Phi) is 4.69. The molecule has 2 unspecified atom stereocenters. The van der Waals surface area contributed by atoms with Crippen molar-refractivity contribution in [1.82, 2.24) is 5.32 Å². The van der Waals surface area contributed by atoms with E-state index < -0.39 is 0 Å². The van der Waals surface area contributed by atoms with Crippen molar-refractivity contribution in [1.29, 1.82) is 0 Å². The summed E-state index contributed by atoms with van der Waals surface area (Å²) in [6.07, 6.45) is 2.62. The molecule has 2 heteroatoms. The van der Waals surface area contributed by atoms with Crippen LogP contribution in [0.3, 0.4) is 0 Å². The van der Waals surface area contributed by atoms with Gasteiger partial charge in [-0.25, -0.2) is 0 Å². The lowest BCUT2D eigenvalue weighted by Crippen LogP contribution is -2.35. The molecular weight excluding hydrogens is 258 g/mol. The topological polar surface area (TPSA) is 21.3 Å². The molecule has 0 aliphatic carbocycles. The van der Waals surface area contributed by atoms with E-state index in [4.69, 9.17) is 4.74 Å². The summed E-state index contributed by atoms with van der Waals surface area (Å²) in [5.41, 5.74) is 3.92. The van der Waals surface area contributed by atoms with Gasteiger partial charge in [0.05, 0.1) is 12.2 Å². The van der Waals surface area contributed by atoms with Gasteiger partial charge in [-0.15, -0.1) is 0 Å². The SMILES string of the molecule is CCCc1ccc(C2CNCC(c3ccccc3)O2)cc1. The lowest BCUT2D eigenvalue weighted by atomic mass is 10.0. The van der Waals surface area contributed by atoms with Crippen LogP contribution in [0.4, 0.5) is 0 Å². The quantitative estimate of drug-likeness (QED) is 0.913. The number of morpholine rings is 1. The zero-order valence-corrected chi connectivity index (χ0v) is 12.6. The number of rotatable bonds is 4. The molecule has 1 N–H and O–H groups in total. The number of aryl methyl sites for hydroxylation is 1. The van der Waals surface area contributed by atoms with Gasteiger partial charge in [-0.1, -0.05) is 67.9 Å². The van der Waals surface area contributed by atoms with Crippen molar-refractivity contribution in [3.63, 3.8) is 0 Å². The fourth-order valence-electron chi connectivity index (χ4n) is 2.89. The average molecular weight is 281 g/mol. The Balaban J connectivity index is 1.71. The largest absolute Gasteiger partial charge is 0.363 e. The van der Waals surface area contributed by atoms with Crippen molar-refractivity contribution in [2.75, 3.05) is 13.1 Å². The minimum Gasteiger partial charge on any atom is -0.363 e. The van der Waals surface area contributed by atoms with E-state index in [-0.39, 0.29) is 12.2 Å². The van der Waals surface area contributed by atoms with Crippen molar-refractivity contribution in [2.24, 2.45) is 0 Å². The number of nitrogens with one attached hydrogen (secondary N) is 1. The van der Waals surface area contributed by atoms with Gasteiger partial charge in [0.25, 0.3) is 0 Å². The van der Waals surface area contributed by atoms with Crippen LogP contribution >= 0.6 is 0 Å². The second kappa shape index (κ2) is 6.88. The second-order valence-corrected chi connectivity index (χ2v) is 5.67. The smallest absolute Gasteiger partial charge is 0.0958 e. The molecule has 1 heterocycles. The monoisotopic (exact) mass is 281 g/mol. The van der Waals surface area contributed by atoms with Crippen LogP contribution in [0, 0.1) is 0 Å². The van der Waals surface area contributed by atoms with Crippen molar-refractivity contribution >= 4 is 0 Å². The first-order chi connectivity index (χ1) is 10.4. The van der Waals surface area contributed by atoms with E-state index in [1.165, 1.54) is 23.1 Å². The predicted octanol–water partition coefficient (Wildman–Crippen LogP) is 4.04. The molecule has 21 heavy (non-hydrogen) atoms. The summed E-state index contributed by atoms with van der Waals surface area (Å²) in [7, 11) is 0. The minimum atomic E-state index is 0.139. The minimum absolute atomic E-state index is 0.139. The van der Waals surface area contributed by atoms with E-state index in [1.807, 2.05) is 6.07 Å². The highest BCUT2D eigenvalue weighted by molar-refractivity contribution is 5.26. The molecule has 0 radical (unpaired) electrons. The third kappa shape index (κ3) is 3.52. The molecule has 110 valence electrons. The van der Waals surface area contributed by atoms with E-state index in [0.29, 0.717) is 0 Å². The van der Waals surface area contributed by atoms with Crippen molar-refractivity contribution in [2.45, 2.75) is 32.0 Å². The third-order valence-electron chi connectivity index (χ3n) is 4.05. The number of hydrogen-bond acceptors (Lipinski definition) is 2. The normalized spacial score (nSPS) is 22.1. The highest BCUT2D eigenvalue weighted by atomic mass is 16.5. The number of ether oxygens (including phenoxy) is 1. The molecular formula is C19H23NO. The van der Waals surface area contributed by atoms with E-state index in [2.05, 4.69) is 60.8 Å². The van der Waals surface area contributed by atoms with Crippen LogP contribution in [0.15, 0.2) is 54.6 Å². The van der Waals surface area contributed by atoms with Crippen LogP contribution in [-0.4, -0.2) is 13.1 Å². The third-order valence-corrected chi connectivity index (χ3v) is 4.05. The Hall–Kier alpha value is -1.64. The molecule has 1 aliphatic heterocycles. The first kappa shape index (κ1) is 14.3. The lowest BCUT2D eigenvalue weighted by molar-refractivity contribution is -0.0406. The zero-order valence-electron chi connectivity index (χ0n) is 12.6. The first-order valence-electron chi connectivity index (χ1n) is 7.87. The van der Waals surface area contributed by atoms with Gasteiger partial charge in [-0.2, -0.15) is 0 Å². The summed E-state index contributed by atoms with van der Waals surface area (Å²) >= 11 is 0. The summed E-state index contributed by atoms with van der Waals surface area (Å²) in [4.78, 5) is 0. The summed E-state index contributed by atoms with van der Waals surface area (Å²) in [6, 6.07) is 19.4. The summed E-state index contributed by atoms with van der Waals surface area (Å²) < 4.78 is 6.30. The molecule has 2 aromatic carbocycles. The van der Waals surface area contributed by atoms with Crippen LogP contribution in [0.2, 0.25) is 0 Å². The Morgan fingerprint density at radius 3 is 2.14 bits per heavy atom. The van der Waals surface area contributed by atoms with Crippen LogP contribution in [0.1, 0.15) is 42.2 Å². The van der Waals surface area contributed by atoms with E-state index >= 15 is 0 Å². The summed E-state index contributed by atoms with van der Waals surface area (Å²) in [5.74, 6) is 0. The van der Waals surface area contributed by atoms with Gasteiger partial charge in [0.1, 0.15) is 0 Å². The van der Waals surface area contributed by atoms with Crippen LogP contribution in [-0.2, 0) is 11.2 Å². The van der Waals surface area contributed by atoms with E-state index in [9.17, 15) is 0 Å². The molecule has 0 saturated carbocycles. The highest BCUT2D eigenvalue weighted by Gasteiger charge is 2.24. The van der Waals surface area contributed by atoms with Crippen molar-refractivity contribution < 1.29 is 4.74 Å². The Labute approximate surface area is 127 Å². The molecule has 0 aromatic heterocycles. The molecule has 2 atom stereocenters. The molecule has 3 rings (SSSR count). The summed E-state index contributed by atoms with van der Waals surface area (Å²) in [6.45, 7) is 3.98. The molecule has 0 bridgehead atoms. The van der Waals surface area contributed by atoms with Crippen LogP contribution in [0.5, 0.6) is 0 Å². The molecule has 1 fully saturated rings. The van der Waals surface area contributed by atoms with Gasteiger partial charge in [0.2, 0.25) is 0 Å². The Bertz CT molecular complexity index is 550. The standard InChI is InChI=1S/C19H23NO/c1-2-6-15-9-11-17(12-10-15)19-14-20-13-18(21-19)16-7-4-3-5-8-16/h3-5,7-12,18-20H,2,6,13-14H2,1H3. The van der Waals surface area contributed by atoms with Gasteiger partial charge >= 0.3 is 0 Å². The molecule has 0 spiro atoms. The first-order valence-corrected chi connectivity index (χ1v) is 7.87. The maximum Gasteiger partial charge on any atom is 0.0958 e. The van der Waals surface area contributed by atoms with Crippen molar-refractivity contribution in [3.05, 3.63) is 71.3 Å². The molecule has 1 aliphatic rings. The molecule has 0 amide bonds. The van der Waals surface area contributed by atoms with Gasteiger partial charge in [0, 0.05) is 13.1 Å². The van der Waals surface area contributed by atoms with E-state index in [0.717, 1.165) is 19.5 Å². The summed E-state index contributed by atoms with van der Waals surface area (Å²) in [5, 5.41) is 3.50. The van der Waals surface area contributed by atoms with Gasteiger partial charge in [0.15, 0.2) is 0 Å². The Morgan fingerprint density at radius 2 is 1.52 bits per heavy atom. The van der Waals surface area contributed by atoms with Gasteiger partial charge < -0.3 is 10.1 Å². The fraction of sp³-hybridized carbons (Fsp3) is 0.368. The predicted molar refractivity (Wildman–Crippen MR) is 86.3 cm³/mol. The highest BCUT2D eigenvalue weighted by Crippen LogP contribution is 2.29. The maximum absolute atomic E-state index is 6.30. The molecule has 2 nitrogen and oxygen atoms in total. The second-order valence-electron chi connectivity index (χ2n) is 5.67. The lowest BCUT2D eigenvalue weighted by Gasteiger charge is -2.31. The van der Waals surface area contributed by atoms with E-state index in [1.54, 1.807) is 0 Å². The van der Waals surface area contributed by atoms with Gasteiger partial charge in [-0.3, -0.25) is 0 Å². The zero-order chi connectivity index (χ0) is 14.5. The van der Waals surface area contributed by atoms with Crippen molar-refractivity contribution in [3.8, 4) is 0 Å². The molecule has 1 saturated heterocycles. The average Bonchev–Trinajstić information content (AvgIpc) is 2.57. The van der Waals surface area contributed by atoms with Crippen LogP contribution in [0.25, 0.3) is 0 Å². The number of hydrogen-bond donors (Lipinski definition) is 1. The van der Waals surface area contributed by atoms with Crippen LogP contribution < -0.4 is 5.32 Å². The number of benzene rings is 2. The maximum atomic E-state index is 6.30. The molecule has 2 aromatic rings. The van der Waals surface area contributed by atoms with Gasteiger partial charge in [-0.05, 0) is 23.1 Å².